The second-order valence-electron chi connectivity index (χ2n) is 16.3. The number of rotatable bonds is 19. The summed E-state index contributed by atoms with van der Waals surface area (Å²) in [5.74, 6) is 0.454. The quantitative estimate of drug-likeness (QED) is 0.0999. The Morgan fingerprint density at radius 1 is 0.967 bits per heavy atom. The SMILES string of the molecule is CC(=O)NCc1cc(-c2cn3c(n2)CCC3)ccc1OCCOCCOCCC(=O)N[C@H](C(=O)N1C[C@H](O)C[C@H]1C(=O)NCc1ccc(-c2scnc2C)cc1)C(C)(C)C. The lowest BCUT2D eigenvalue weighted by Crippen LogP contribution is -2.57. The summed E-state index contributed by atoms with van der Waals surface area (Å²) in [5, 5.41) is 19.2. The molecule has 322 valence electrons. The van der Waals surface area contributed by atoms with Gasteiger partial charge in [-0.25, -0.2) is 9.97 Å². The number of hydrogen-bond donors (Lipinski definition) is 4. The van der Waals surface area contributed by atoms with Crippen molar-refractivity contribution in [2.45, 2.75) is 98.1 Å². The maximum Gasteiger partial charge on any atom is 0.246 e. The van der Waals surface area contributed by atoms with Crippen LogP contribution in [0.3, 0.4) is 0 Å². The first-order chi connectivity index (χ1) is 28.8. The van der Waals surface area contributed by atoms with Crippen LogP contribution in [0.5, 0.6) is 5.75 Å². The highest BCUT2D eigenvalue weighted by Gasteiger charge is 2.44. The first-order valence-electron chi connectivity index (χ1n) is 20.5. The second-order valence-corrected chi connectivity index (χ2v) is 17.2. The Kier molecular flexibility index (Phi) is 15.1. The molecule has 0 aliphatic carbocycles. The van der Waals surface area contributed by atoms with E-state index in [4.69, 9.17) is 19.2 Å². The Balaban J connectivity index is 0.905. The Morgan fingerprint density at radius 3 is 2.40 bits per heavy atom. The van der Waals surface area contributed by atoms with Crippen molar-refractivity contribution < 1.29 is 38.5 Å². The van der Waals surface area contributed by atoms with E-state index in [0.29, 0.717) is 18.9 Å². The molecule has 3 atom stereocenters. The highest BCUT2D eigenvalue weighted by atomic mass is 32.1. The zero-order chi connectivity index (χ0) is 42.8. The molecule has 1 saturated heterocycles. The number of imidazole rings is 1. The fourth-order valence-corrected chi connectivity index (χ4v) is 8.15. The van der Waals surface area contributed by atoms with Gasteiger partial charge in [-0.15, -0.1) is 11.3 Å². The van der Waals surface area contributed by atoms with Crippen molar-refractivity contribution in [1.29, 1.82) is 0 Å². The predicted octanol–water partition coefficient (Wildman–Crippen LogP) is 4.18. The summed E-state index contributed by atoms with van der Waals surface area (Å²) < 4.78 is 19.5. The van der Waals surface area contributed by atoms with Gasteiger partial charge in [-0.2, -0.15) is 0 Å². The van der Waals surface area contributed by atoms with E-state index in [-0.39, 0.29) is 70.1 Å². The maximum absolute atomic E-state index is 13.9. The van der Waals surface area contributed by atoms with E-state index in [0.717, 1.165) is 63.7 Å². The van der Waals surface area contributed by atoms with Crippen LogP contribution >= 0.6 is 11.3 Å². The van der Waals surface area contributed by atoms with Gasteiger partial charge in [0.15, 0.2) is 0 Å². The van der Waals surface area contributed by atoms with Crippen molar-refractivity contribution in [2.24, 2.45) is 5.41 Å². The predicted molar refractivity (Wildman–Crippen MR) is 227 cm³/mol. The van der Waals surface area contributed by atoms with Gasteiger partial charge in [0.05, 0.1) is 54.3 Å². The van der Waals surface area contributed by atoms with Crippen LogP contribution in [0.4, 0.5) is 0 Å². The molecule has 2 aliphatic rings. The van der Waals surface area contributed by atoms with E-state index >= 15 is 0 Å². The van der Waals surface area contributed by atoms with Gasteiger partial charge < -0.3 is 44.7 Å². The minimum Gasteiger partial charge on any atom is -0.491 e. The molecule has 4 aromatic rings. The van der Waals surface area contributed by atoms with Crippen LogP contribution in [-0.2, 0) is 54.7 Å². The molecule has 60 heavy (non-hydrogen) atoms. The van der Waals surface area contributed by atoms with Gasteiger partial charge in [-0.3, -0.25) is 19.2 Å². The number of fused-ring (bicyclic) bond motifs is 1. The number of aliphatic hydroxyl groups excluding tert-OH is 1. The molecule has 1 fully saturated rings. The Morgan fingerprint density at radius 2 is 1.70 bits per heavy atom. The van der Waals surface area contributed by atoms with E-state index in [1.807, 2.05) is 75.7 Å². The number of aliphatic hydroxyl groups is 1. The number of hydrogen-bond acceptors (Lipinski definition) is 11. The molecule has 0 spiro atoms. The number of aromatic nitrogens is 3. The van der Waals surface area contributed by atoms with Crippen LogP contribution in [0, 0.1) is 12.3 Å². The fraction of sp³-hybridized carbons (Fsp3) is 0.500. The van der Waals surface area contributed by atoms with Gasteiger partial charge in [-0.05, 0) is 48.1 Å². The van der Waals surface area contributed by atoms with Gasteiger partial charge in [0, 0.05) is 69.7 Å². The second kappa shape index (κ2) is 20.4. The number of thiazole rings is 1. The Hall–Kier alpha value is -5.16. The monoisotopic (exact) mass is 843 g/mol. The van der Waals surface area contributed by atoms with E-state index in [1.54, 1.807) is 11.3 Å². The summed E-state index contributed by atoms with van der Waals surface area (Å²) in [6, 6.07) is 11.9. The van der Waals surface area contributed by atoms with Gasteiger partial charge >= 0.3 is 0 Å². The number of carbonyl (C=O) groups is 4. The summed E-state index contributed by atoms with van der Waals surface area (Å²) >= 11 is 1.57. The lowest BCUT2D eigenvalue weighted by molar-refractivity contribution is -0.144. The zero-order valence-corrected chi connectivity index (χ0v) is 35.9. The van der Waals surface area contributed by atoms with Crippen LogP contribution in [-0.4, -0.2) is 106 Å². The summed E-state index contributed by atoms with van der Waals surface area (Å²) in [5.41, 5.74) is 6.76. The summed E-state index contributed by atoms with van der Waals surface area (Å²) in [6.07, 6.45) is 3.42. The molecule has 4 amide bonds. The standard InChI is InChI=1S/C44H57N7O8S/c1-28-40(60-27-47-28)31-10-8-30(9-11-31)23-46-42(55)36-22-34(53)25-51(36)43(56)41(44(3,4)5)49-39(54)14-16-57-17-18-58-19-20-59-37-13-12-32(21-33(37)24-45-29(2)52)35-26-50-15-6-7-38(50)48-35/h8-13,21,26-27,34,36,41,53H,6-7,14-20,22-25H2,1-5H3,(H,45,52)(H,46,55)(H,49,54)/t34-,36+,41-/m1/s1. The van der Waals surface area contributed by atoms with Crippen molar-refractivity contribution in [1.82, 2.24) is 35.4 Å². The van der Waals surface area contributed by atoms with Gasteiger partial charge in [0.1, 0.15) is 30.3 Å². The third-order valence-electron chi connectivity index (χ3n) is 10.6. The number of nitrogens with one attached hydrogen (secondary N) is 3. The van der Waals surface area contributed by atoms with Crippen LogP contribution in [0.2, 0.25) is 0 Å². The number of β-amino-alcohol motifs (C(OH)–C–C–N with tert-alkyl or cyclic N) is 1. The molecule has 15 nitrogen and oxygen atoms in total. The normalized spacial score (nSPS) is 16.7. The van der Waals surface area contributed by atoms with Crippen LogP contribution < -0.4 is 20.7 Å². The number of amides is 4. The first kappa shape index (κ1) is 44.4. The molecule has 2 aliphatic heterocycles. The number of aryl methyl sites for hydroxylation is 3. The molecule has 0 saturated carbocycles. The van der Waals surface area contributed by atoms with Crippen molar-refractivity contribution >= 4 is 35.0 Å². The number of likely N-dealkylation sites (tertiary alicyclic amines) is 1. The molecular weight excluding hydrogens is 787 g/mol. The average Bonchev–Trinajstić information content (AvgIpc) is 4.02. The number of nitrogens with zero attached hydrogens (tertiary/aromatic N) is 4. The Bertz CT molecular complexity index is 2090. The molecule has 4 heterocycles. The van der Waals surface area contributed by atoms with Crippen molar-refractivity contribution in [2.75, 3.05) is 39.6 Å². The summed E-state index contributed by atoms with van der Waals surface area (Å²) in [4.78, 5) is 63.6. The molecular formula is C44H57N7O8S. The molecule has 2 aromatic carbocycles. The highest BCUT2D eigenvalue weighted by molar-refractivity contribution is 7.13. The van der Waals surface area contributed by atoms with Crippen LogP contribution in [0.15, 0.2) is 54.2 Å². The van der Waals surface area contributed by atoms with Crippen molar-refractivity contribution in [3.8, 4) is 27.4 Å². The lowest BCUT2D eigenvalue weighted by Gasteiger charge is -2.35. The van der Waals surface area contributed by atoms with Crippen LogP contribution in [0.1, 0.15) is 69.6 Å². The number of ether oxygens (including phenoxy) is 3. The minimum atomic E-state index is -0.932. The molecule has 0 bridgehead atoms. The minimum absolute atomic E-state index is 0.00540. The van der Waals surface area contributed by atoms with Gasteiger partial charge in [-0.1, -0.05) is 45.0 Å². The highest BCUT2D eigenvalue weighted by Crippen LogP contribution is 2.30. The maximum atomic E-state index is 13.9. The average molecular weight is 844 g/mol. The van der Waals surface area contributed by atoms with Crippen LogP contribution in [0.25, 0.3) is 21.7 Å². The van der Waals surface area contributed by atoms with Gasteiger partial charge in [0.25, 0.3) is 0 Å². The third kappa shape index (κ3) is 11.8. The Labute approximate surface area is 355 Å². The van der Waals surface area contributed by atoms with E-state index in [1.165, 1.54) is 11.8 Å². The molecule has 0 radical (unpaired) electrons. The van der Waals surface area contributed by atoms with Crippen molar-refractivity contribution in [3.63, 3.8) is 0 Å². The molecule has 16 heteroatoms. The zero-order valence-electron chi connectivity index (χ0n) is 35.1. The molecule has 6 rings (SSSR count). The topological polar surface area (TPSA) is 186 Å². The molecule has 0 unspecified atom stereocenters. The molecule has 2 aromatic heterocycles. The number of carbonyl (C=O) groups excluding carboxylic acids is 4. The van der Waals surface area contributed by atoms with E-state index < -0.39 is 29.5 Å². The largest absolute Gasteiger partial charge is 0.491 e. The van der Waals surface area contributed by atoms with Crippen molar-refractivity contribution in [3.05, 3.63) is 76.8 Å². The van der Waals surface area contributed by atoms with E-state index in [2.05, 4.69) is 31.7 Å². The fourth-order valence-electron chi connectivity index (χ4n) is 7.34. The van der Waals surface area contributed by atoms with Gasteiger partial charge in [0.2, 0.25) is 23.6 Å². The number of benzene rings is 2. The smallest absolute Gasteiger partial charge is 0.246 e. The molecule has 4 N–H and O–H groups in total. The first-order valence-corrected chi connectivity index (χ1v) is 21.4. The lowest BCUT2D eigenvalue weighted by atomic mass is 9.85. The third-order valence-corrected chi connectivity index (χ3v) is 11.6. The summed E-state index contributed by atoms with van der Waals surface area (Å²) in [6.45, 7) is 11.8. The summed E-state index contributed by atoms with van der Waals surface area (Å²) in [7, 11) is 0. The van der Waals surface area contributed by atoms with E-state index in [9.17, 15) is 24.3 Å².